The number of anilines is 1. The molecule has 0 fully saturated rings. The standard InChI is InChI=1S/C11H10N4O/c1-15-5-7(8-3-2-4-16-8)9-10(12)13-6-14-11(9)15/h2-6H,1H3,(H2,12,13,14). The smallest absolute Gasteiger partial charge is 0.145 e. The third-order valence-corrected chi connectivity index (χ3v) is 2.57. The maximum absolute atomic E-state index is 5.87. The van der Waals surface area contributed by atoms with Crippen molar-refractivity contribution in [1.29, 1.82) is 0 Å². The summed E-state index contributed by atoms with van der Waals surface area (Å²) < 4.78 is 7.28. The van der Waals surface area contributed by atoms with Gasteiger partial charge in [0.25, 0.3) is 0 Å². The van der Waals surface area contributed by atoms with E-state index < -0.39 is 0 Å². The molecular weight excluding hydrogens is 204 g/mol. The molecule has 2 N–H and O–H groups in total. The van der Waals surface area contributed by atoms with Crippen LogP contribution < -0.4 is 5.73 Å². The van der Waals surface area contributed by atoms with E-state index >= 15 is 0 Å². The Morgan fingerprint density at radius 1 is 1.38 bits per heavy atom. The van der Waals surface area contributed by atoms with E-state index in [1.807, 2.05) is 29.9 Å². The first-order chi connectivity index (χ1) is 7.77. The van der Waals surface area contributed by atoms with E-state index in [0.29, 0.717) is 5.82 Å². The van der Waals surface area contributed by atoms with E-state index in [2.05, 4.69) is 9.97 Å². The largest absolute Gasteiger partial charge is 0.464 e. The minimum Gasteiger partial charge on any atom is -0.464 e. The summed E-state index contributed by atoms with van der Waals surface area (Å²) in [5.41, 5.74) is 7.59. The average Bonchev–Trinajstić information content (AvgIpc) is 2.87. The van der Waals surface area contributed by atoms with Crippen LogP contribution in [0.25, 0.3) is 22.4 Å². The Morgan fingerprint density at radius 2 is 2.25 bits per heavy atom. The summed E-state index contributed by atoms with van der Waals surface area (Å²) in [5.74, 6) is 1.24. The molecule has 0 spiro atoms. The Bertz CT molecular complexity index is 639. The van der Waals surface area contributed by atoms with Crippen LogP contribution in [0, 0.1) is 0 Å². The van der Waals surface area contributed by atoms with Gasteiger partial charge in [-0.1, -0.05) is 0 Å². The predicted molar refractivity (Wildman–Crippen MR) is 60.6 cm³/mol. The second kappa shape index (κ2) is 3.10. The monoisotopic (exact) mass is 214 g/mol. The van der Waals surface area contributed by atoms with Crippen LogP contribution >= 0.6 is 0 Å². The molecule has 0 unspecified atom stereocenters. The van der Waals surface area contributed by atoms with Crippen molar-refractivity contribution in [1.82, 2.24) is 14.5 Å². The molecule has 0 atom stereocenters. The lowest BCUT2D eigenvalue weighted by Crippen LogP contribution is -1.94. The van der Waals surface area contributed by atoms with E-state index in [4.69, 9.17) is 10.2 Å². The quantitative estimate of drug-likeness (QED) is 0.670. The van der Waals surface area contributed by atoms with Crippen LogP contribution in [0.3, 0.4) is 0 Å². The molecular formula is C11H10N4O. The van der Waals surface area contributed by atoms with Crippen LogP contribution in [0.1, 0.15) is 0 Å². The van der Waals surface area contributed by atoms with Gasteiger partial charge in [-0.25, -0.2) is 9.97 Å². The zero-order chi connectivity index (χ0) is 11.1. The Balaban J connectivity index is 2.42. The zero-order valence-corrected chi connectivity index (χ0v) is 8.71. The van der Waals surface area contributed by atoms with E-state index in [1.54, 1.807) is 6.26 Å². The number of nitrogen functional groups attached to an aromatic ring is 1. The number of aromatic nitrogens is 3. The fourth-order valence-corrected chi connectivity index (χ4v) is 1.85. The van der Waals surface area contributed by atoms with Gasteiger partial charge in [-0.2, -0.15) is 0 Å². The van der Waals surface area contributed by atoms with Crippen LogP contribution in [0.4, 0.5) is 5.82 Å². The Kier molecular flexibility index (Phi) is 1.73. The van der Waals surface area contributed by atoms with E-state index in [-0.39, 0.29) is 0 Å². The van der Waals surface area contributed by atoms with E-state index in [9.17, 15) is 0 Å². The molecule has 0 bridgehead atoms. The lowest BCUT2D eigenvalue weighted by molar-refractivity contribution is 0.582. The summed E-state index contributed by atoms with van der Waals surface area (Å²) >= 11 is 0. The fraction of sp³-hybridized carbons (Fsp3) is 0.0909. The second-order valence-electron chi connectivity index (χ2n) is 3.59. The summed E-state index contributed by atoms with van der Waals surface area (Å²) in [6.07, 6.45) is 5.03. The highest BCUT2D eigenvalue weighted by Gasteiger charge is 2.14. The summed E-state index contributed by atoms with van der Waals surface area (Å²) in [6.45, 7) is 0. The lowest BCUT2D eigenvalue weighted by Gasteiger charge is -1.97. The number of furan rings is 1. The maximum Gasteiger partial charge on any atom is 0.145 e. The van der Waals surface area contributed by atoms with Crippen molar-refractivity contribution >= 4 is 16.9 Å². The summed E-state index contributed by atoms with van der Waals surface area (Å²) in [5, 5.41) is 0.833. The van der Waals surface area contributed by atoms with Crippen molar-refractivity contribution in [3.63, 3.8) is 0 Å². The zero-order valence-electron chi connectivity index (χ0n) is 8.71. The minimum absolute atomic E-state index is 0.469. The van der Waals surface area contributed by atoms with Crippen LogP contribution in [0.2, 0.25) is 0 Å². The molecule has 0 aromatic carbocycles. The number of aryl methyl sites for hydroxylation is 1. The summed E-state index contributed by atoms with van der Waals surface area (Å²) in [7, 11) is 1.92. The number of fused-ring (bicyclic) bond motifs is 1. The van der Waals surface area contributed by atoms with Crippen LogP contribution in [-0.2, 0) is 7.05 Å². The molecule has 5 nitrogen and oxygen atoms in total. The van der Waals surface area contributed by atoms with Crippen LogP contribution in [-0.4, -0.2) is 14.5 Å². The second-order valence-corrected chi connectivity index (χ2v) is 3.59. The van der Waals surface area contributed by atoms with E-state index in [1.165, 1.54) is 6.33 Å². The first-order valence-electron chi connectivity index (χ1n) is 4.87. The van der Waals surface area contributed by atoms with Gasteiger partial charge in [-0.05, 0) is 12.1 Å². The Hall–Kier alpha value is -2.30. The van der Waals surface area contributed by atoms with Gasteiger partial charge >= 0.3 is 0 Å². The molecule has 80 valence electrons. The molecule has 0 amide bonds. The topological polar surface area (TPSA) is 69.9 Å². The van der Waals surface area contributed by atoms with Gasteiger partial charge < -0.3 is 14.7 Å². The summed E-state index contributed by atoms with van der Waals surface area (Å²) in [6, 6.07) is 3.73. The van der Waals surface area contributed by atoms with Crippen molar-refractivity contribution in [2.45, 2.75) is 0 Å². The molecule has 0 radical (unpaired) electrons. The van der Waals surface area contributed by atoms with Crippen LogP contribution in [0.15, 0.2) is 35.3 Å². The highest BCUT2D eigenvalue weighted by Crippen LogP contribution is 2.31. The number of rotatable bonds is 1. The van der Waals surface area contributed by atoms with E-state index in [0.717, 1.165) is 22.4 Å². The maximum atomic E-state index is 5.87. The summed E-state index contributed by atoms with van der Waals surface area (Å²) in [4.78, 5) is 8.21. The predicted octanol–water partition coefficient (Wildman–Crippen LogP) is 1.81. The molecule has 0 aliphatic rings. The van der Waals surface area contributed by atoms with Gasteiger partial charge in [0.05, 0.1) is 11.6 Å². The molecule has 3 rings (SSSR count). The van der Waals surface area contributed by atoms with Gasteiger partial charge in [0.2, 0.25) is 0 Å². The SMILES string of the molecule is Cn1cc(-c2ccco2)c2c(N)ncnc21. The van der Waals surface area contributed by atoms with Crippen LogP contribution in [0.5, 0.6) is 0 Å². The van der Waals surface area contributed by atoms with Crippen molar-refractivity contribution < 1.29 is 4.42 Å². The molecule has 0 aliphatic heterocycles. The van der Waals surface area contributed by atoms with Crippen molar-refractivity contribution in [2.24, 2.45) is 7.05 Å². The molecule has 3 aromatic heterocycles. The fourth-order valence-electron chi connectivity index (χ4n) is 1.85. The number of nitrogens with zero attached hydrogens (tertiary/aromatic N) is 3. The van der Waals surface area contributed by atoms with Gasteiger partial charge in [-0.15, -0.1) is 0 Å². The molecule has 3 heterocycles. The molecule has 0 aliphatic carbocycles. The highest BCUT2D eigenvalue weighted by atomic mass is 16.3. The number of hydrogen-bond acceptors (Lipinski definition) is 4. The third kappa shape index (κ3) is 1.11. The van der Waals surface area contributed by atoms with Crippen molar-refractivity contribution in [3.05, 3.63) is 30.9 Å². The first-order valence-corrected chi connectivity index (χ1v) is 4.87. The Morgan fingerprint density at radius 3 is 3.00 bits per heavy atom. The molecule has 16 heavy (non-hydrogen) atoms. The lowest BCUT2D eigenvalue weighted by atomic mass is 10.2. The molecule has 0 saturated heterocycles. The molecule has 0 saturated carbocycles. The van der Waals surface area contributed by atoms with Gasteiger partial charge in [0.1, 0.15) is 23.6 Å². The van der Waals surface area contributed by atoms with Crippen molar-refractivity contribution in [2.75, 3.05) is 5.73 Å². The third-order valence-electron chi connectivity index (χ3n) is 2.57. The molecule has 5 heteroatoms. The minimum atomic E-state index is 0.469. The Labute approximate surface area is 91.5 Å². The number of hydrogen-bond donors (Lipinski definition) is 1. The first kappa shape index (κ1) is 8.96. The average molecular weight is 214 g/mol. The normalized spacial score (nSPS) is 11.1. The van der Waals surface area contributed by atoms with Crippen molar-refractivity contribution in [3.8, 4) is 11.3 Å². The highest BCUT2D eigenvalue weighted by molar-refractivity contribution is 5.99. The van der Waals surface area contributed by atoms with Gasteiger partial charge in [0.15, 0.2) is 0 Å². The number of nitrogens with two attached hydrogens (primary N) is 1. The van der Waals surface area contributed by atoms with Gasteiger partial charge in [-0.3, -0.25) is 0 Å². The molecule has 3 aromatic rings. The van der Waals surface area contributed by atoms with Gasteiger partial charge in [0, 0.05) is 18.8 Å².